The average molecular weight is 311 g/mol. The Morgan fingerprint density at radius 2 is 2.17 bits per heavy atom. The monoisotopic (exact) mass is 311 g/mol. The molecule has 120 valence electrons. The Bertz CT molecular complexity index is 775. The van der Waals surface area contributed by atoms with Crippen LogP contribution in [0, 0.1) is 6.92 Å². The van der Waals surface area contributed by atoms with Crippen LogP contribution in [0.4, 0.5) is 0 Å². The molecule has 0 bridgehead atoms. The van der Waals surface area contributed by atoms with Crippen molar-refractivity contribution < 1.29 is 4.79 Å². The number of nitrogens with zero attached hydrogens (tertiary/aromatic N) is 4. The summed E-state index contributed by atoms with van der Waals surface area (Å²) in [5.41, 5.74) is 2.28. The molecule has 0 atom stereocenters. The van der Waals surface area contributed by atoms with Crippen LogP contribution in [0.25, 0.3) is 10.9 Å². The molecular weight excluding hydrogens is 290 g/mol. The second-order valence-corrected chi connectivity index (χ2v) is 5.65. The molecule has 0 aliphatic heterocycles. The molecule has 0 spiro atoms. The average Bonchev–Trinajstić information content (AvgIpc) is 3.19. The Balaban J connectivity index is 1.44. The number of amides is 1. The van der Waals surface area contributed by atoms with Gasteiger partial charge in [0, 0.05) is 37.3 Å². The number of fused-ring (bicyclic) bond motifs is 1. The van der Waals surface area contributed by atoms with Crippen LogP contribution < -0.4 is 5.32 Å². The number of hydrogen-bond donors (Lipinski definition) is 1. The molecule has 1 N–H and O–H groups in total. The highest BCUT2D eigenvalue weighted by Gasteiger charge is 2.06. The van der Waals surface area contributed by atoms with Crippen molar-refractivity contribution in [2.45, 2.75) is 32.9 Å². The fourth-order valence-corrected chi connectivity index (χ4v) is 2.56. The van der Waals surface area contributed by atoms with Gasteiger partial charge in [0.15, 0.2) is 0 Å². The topological polar surface area (TPSA) is 64.7 Å². The summed E-state index contributed by atoms with van der Waals surface area (Å²) in [6, 6.07) is 8.13. The van der Waals surface area contributed by atoms with Crippen molar-refractivity contribution >= 4 is 16.8 Å². The fraction of sp³-hybridized carbons (Fsp3) is 0.353. The Morgan fingerprint density at radius 3 is 3.00 bits per heavy atom. The molecule has 0 fully saturated rings. The van der Waals surface area contributed by atoms with E-state index in [9.17, 15) is 4.79 Å². The van der Waals surface area contributed by atoms with Gasteiger partial charge < -0.3 is 5.32 Å². The van der Waals surface area contributed by atoms with Gasteiger partial charge in [0.05, 0.1) is 18.3 Å². The lowest BCUT2D eigenvalue weighted by Crippen LogP contribution is -2.26. The van der Waals surface area contributed by atoms with E-state index in [1.54, 1.807) is 6.20 Å². The summed E-state index contributed by atoms with van der Waals surface area (Å²) in [7, 11) is 0. The van der Waals surface area contributed by atoms with Crippen molar-refractivity contribution in [2.75, 3.05) is 6.54 Å². The molecule has 3 rings (SSSR count). The summed E-state index contributed by atoms with van der Waals surface area (Å²) in [4.78, 5) is 11.9. The molecule has 3 aromatic rings. The summed E-state index contributed by atoms with van der Waals surface area (Å²) in [5, 5.41) is 12.5. The molecule has 6 nitrogen and oxygen atoms in total. The standard InChI is InChI=1S/C17H21N5O/c1-14-4-5-15-13-20-22(16(15)12-14)11-6-17(23)18-7-2-9-21-10-3-8-19-21/h3-5,8,10,12-13H,2,6-7,9,11H2,1H3,(H,18,23). The minimum Gasteiger partial charge on any atom is -0.356 e. The van der Waals surface area contributed by atoms with Crippen molar-refractivity contribution in [3.8, 4) is 0 Å². The van der Waals surface area contributed by atoms with Crippen LogP contribution in [0.15, 0.2) is 42.9 Å². The van der Waals surface area contributed by atoms with Crippen LogP contribution in [-0.2, 0) is 17.9 Å². The third-order valence-electron chi connectivity index (χ3n) is 3.80. The maximum atomic E-state index is 11.9. The first-order valence-corrected chi connectivity index (χ1v) is 7.89. The largest absolute Gasteiger partial charge is 0.356 e. The molecule has 0 unspecified atom stereocenters. The van der Waals surface area contributed by atoms with Crippen LogP contribution in [0.1, 0.15) is 18.4 Å². The maximum Gasteiger partial charge on any atom is 0.221 e. The van der Waals surface area contributed by atoms with Gasteiger partial charge in [0.1, 0.15) is 0 Å². The highest BCUT2D eigenvalue weighted by molar-refractivity contribution is 5.80. The molecule has 0 aliphatic carbocycles. The van der Waals surface area contributed by atoms with Crippen LogP contribution in [-0.4, -0.2) is 32.0 Å². The number of aryl methyl sites for hydroxylation is 3. The molecule has 0 saturated heterocycles. The summed E-state index contributed by atoms with van der Waals surface area (Å²) in [6.07, 6.45) is 6.84. The number of rotatable bonds is 7. The summed E-state index contributed by atoms with van der Waals surface area (Å²) < 4.78 is 3.76. The normalized spacial score (nSPS) is 11.0. The molecule has 0 radical (unpaired) electrons. The minimum absolute atomic E-state index is 0.0572. The van der Waals surface area contributed by atoms with Crippen molar-refractivity contribution in [3.05, 3.63) is 48.4 Å². The molecule has 2 heterocycles. The van der Waals surface area contributed by atoms with Gasteiger partial charge in [-0.05, 0) is 31.0 Å². The Kier molecular flexibility index (Phi) is 4.71. The number of carbonyl (C=O) groups excluding carboxylic acids is 1. The van der Waals surface area contributed by atoms with Gasteiger partial charge in [-0.25, -0.2) is 0 Å². The first-order chi connectivity index (χ1) is 11.2. The van der Waals surface area contributed by atoms with Crippen molar-refractivity contribution in [1.82, 2.24) is 24.9 Å². The van der Waals surface area contributed by atoms with E-state index in [0.717, 1.165) is 23.9 Å². The zero-order chi connectivity index (χ0) is 16.1. The van der Waals surface area contributed by atoms with E-state index in [-0.39, 0.29) is 5.91 Å². The summed E-state index contributed by atoms with van der Waals surface area (Å²) >= 11 is 0. The van der Waals surface area contributed by atoms with Crippen molar-refractivity contribution in [3.63, 3.8) is 0 Å². The lowest BCUT2D eigenvalue weighted by atomic mass is 10.2. The van der Waals surface area contributed by atoms with E-state index >= 15 is 0 Å². The quantitative estimate of drug-likeness (QED) is 0.680. The van der Waals surface area contributed by atoms with Gasteiger partial charge in [-0.15, -0.1) is 0 Å². The summed E-state index contributed by atoms with van der Waals surface area (Å²) in [6.45, 7) is 4.13. The first-order valence-electron chi connectivity index (χ1n) is 7.89. The maximum absolute atomic E-state index is 11.9. The smallest absolute Gasteiger partial charge is 0.221 e. The van der Waals surface area contributed by atoms with E-state index in [2.05, 4.69) is 40.6 Å². The zero-order valence-electron chi connectivity index (χ0n) is 13.3. The summed E-state index contributed by atoms with van der Waals surface area (Å²) in [5.74, 6) is 0.0572. The lowest BCUT2D eigenvalue weighted by molar-refractivity contribution is -0.121. The number of carbonyl (C=O) groups is 1. The first kappa shape index (κ1) is 15.3. The van der Waals surface area contributed by atoms with E-state index in [1.807, 2.05) is 27.8 Å². The molecule has 23 heavy (non-hydrogen) atoms. The third-order valence-corrected chi connectivity index (χ3v) is 3.80. The van der Waals surface area contributed by atoms with Gasteiger partial charge in [-0.1, -0.05) is 12.1 Å². The van der Waals surface area contributed by atoms with Crippen LogP contribution >= 0.6 is 0 Å². The molecular formula is C17H21N5O. The minimum atomic E-state index is 0.0572. The Labute approximate surface area is 135 Å². The van der Waals surface area contributed by atoms with Gasteiger partial charge in [0.2, 0.25) is 5.91 Å². The van der Waals surface area contributed by atoms with Gasteiger partial charge in [0.25, 0.3) is 0 Å². The predicted molar refractivity (Wildman–Crippen MR) is 88.9 cm³/mol. The molecule has 1 amide bonds. The van der Waals surface area contributed by atoms with E-state index in [1.165, 1.54) is 5.56 Å². The number of aromatic nitrogens is 4. The molecule has 1 aromatic carbocycles. The Hall–Kier alpha value is -2.63. The third kappa shape index (κ3) is 3.97. The van der Waals surface area contributed by atoms with Crippen LogP contribution in [0.2, 0.25) is 0 Å². The number of hydrogen-bond acceptors (Lipinski definition) is 3. The van der Waals surface area contributed by atoms with Gasteiger partial charge >= 0.3 is 0 Å². The lowest BCUT2D eigenvalue weighted by Gasteiger charge is -2.07. The molecule has 0 saturated carbocycles. The Morgan fingerprint density at radius 1 is 1.26 bits per heavy atom. The fourth-order valence-electron chi connectivity index (χ4n) is 2.56. The van der Waals surface area contributed by atoms with E-state index < -0.39 is 0 Å². The molecule has 2 aromatic heterocycles. The zero-order valence-corrected chi connectivity index (χ0v) is 13.3. The van der Waals surface area contributed by atoms with Crippen molar-refractivity contribution in [2.24, 2.45) is 0 Å². The van der Waals surface area contributed by atoms with Gasteiger partial charge in [-0.2, -0.15) is 10.2 Å². The van der Waals surface area contributed by atoms with Crippen LogP contribution in [0.3, 0.4) is 0 Å². The van der Waals surface area contributed by atoms with E-state index in [0.29, 0.717) is 19.5 Å². The highest BCUT2D eigenvalue weighted by Crippen LogP contribution is 2.15. The highest BCUT2D eigenvalue weighted by atomic mass is 16.1. The number of benzene rings is 1. The predicted octanol–water partition coefficient (Wildman–Crippen LogP) is 2.14. The number of nitrogens with one attached hydrogen (secondary N) is 1. The molecule has 6 heteroatoms. The van der Waals surface area contributed by atoms with E-state index in [4.69, 9.17) is 0 Å². The SMILES string of the molecule is Cc1ccc2cnn(CCC(=O)NCCCn3cccn3)c2c1. The van der Waals surface area contributed by atoms with Crippen LogP contribution in [0.5, 0.6) is 0 Å². The second-order valence-electron chi connectivity index (χ2n) is 5.65. The van der Waals surface area contributed by atoms with Gasteiger partial charge in [-0.3, -0.25) is 14.2 Å². The molecule has 0 aliphatic rings. The second kappa shape index (κ2) is 7.09. The van der Waals surface area contributed by atoms with Crippen molar-refractivity contribution in [1.29, 1.82) is 0 Å².